The van der Waals surface area contributed by atoms with Gasteiger partial charge in [0.1, 0.15) is 5.75 Å². The number of alkyl halides is 1. The number of ether oxygens (including phenoxy) is 1. The Balaban J connectivity index is 3.20. The number of hydrogen-bond donors (Lipinski definition) is 0. The summed E-state index contributed by atoms with van der Waals surface area (Å²) < 4.78 is 16.5. The minimum absolute atomic E-state index is 0.0564. The van der Waals surface area contributed by atoms with Crippen LogP contribution in [0.15, 0.2) is 12.1 Å². The van der Waals surface area contributed by atoms with Crippen LogP contribution in [0.4, 0.5) is 10.1 Å². The van der Waals surface area contributed by atoms with Crippen LogP contribution in [-0.4, -0.2) is 11.8 Å². The van der Waals surface area contributed by atoms with Crippen LogP contribution in [0.3, 0.4) is 0 Å². The molecule has 0 aliphatic rings. The molecule has 0 saturated heterocycles. The number of halogens is 1. The first kappa shape index (κ1) is 10.4. The van der Waals surface area contributed by atoms with Crippen molar-refractivity contribution in [2.75, 3.05) is 6.86 Å². The highest BCUT2D eigenvalue weighted by Gasteiger charge is 2.14. The predicted molar refractivity (Wildman–Crippen MR) is 49.2 cm³/mol. The fourth-order valence-corrected chi connectivity index (χ4v) is 1.23. The molecule has 1 aromatic carbocycles. The quantitative estimate of drug-likeness (QED) is 0.555. The van der Waals surface area contributed by atoms with Gasteiger partial charge >= 0.3 is 0 Å². The molecule has 1 rings (SSSR count). The average Bonchev–Trinajstić information content (AvgIpc) is 2.09. The van der Waals surface area contributed by atoms with Crippen molar-refractivity contribution in [3.8, 4) is 5.75 Å². The zero-order chi connectivity index (χ0) is 10.7. The Morgan fingerprint density at radius 2 is 2.07 bits per heavy atom. The van der Waals surface area contributed by atoms with Crippen LogP contribution in [0.25, 0.3) is 0 Å². The van der Waals surface area contributed by atoms with Gasteiger partial charge in [-0.05, 0) is 25.5 Å². The lowest BCUT2D eigenvalue weighted by atomic mass is 10.1. The monoisotopic (exact) mass is 199 g/mol. The summed E-state index contributed by atoms with van der Waals surface area (Å²) in [5, 5.41) is 10.5. The van der Waals surface area contributed by atoms with Gasteiger partial charge in [0.05, 0.1) is 11.0 Å². The summed E-state index contributed by atoms with van der Waals surface area (Å²) >= 11 is 0. The third-order valence-corrected chi connectivity index (χ3v) is 1.90. The van der Waals surface area contributed by atoms with Crippen molar-refractivity contribution in [2.45, 2.75) is 13.8 Å². The first-order valence-corrected chi connectivity index (χ1v) is 4.00. The average molecular weight is 199 g/mol. The van der Waals surface area contributed by atoms with Crippen molar-refractivity contribution in [1.29, 1.82) is 0 Å². The van der Waals surface area contributed by atoms with Gasteiger partial charge in [0.25, 0.3) is 5.69 Å². The van der Waals surface area contributed by atoms with Crippen molar-refractivity contribution in [1.82, 2.24) is 0 Å². The van der Waals surface area contributed by atoms with Crippen molar-refractivity contribution in [3.63, 3.8) is 0 Å². The highest BCUT2D eigenvalue weighted by molar-refractivity contribution is 5.49. The molecule has 14 heavy (non-hydrogen) atoms. The molecule has 0 amide bonds. The van der Waals surface area contributed by atoms with Gasteiger partial charge in [0.15, 0.2) is 0 Å². The van der Waals surface area contributed by atoms with Gasteiger partial charge in [-0.1, -0.05) is 0 Å². The van der Waals surface area contributed by atoms with E-state index < -0.39 is 11.8 Å². The number of nitrogens with zero attached hydrogens (tertiary/aromatic N) is 1. The molecule has 4 nitrogen and oxygen atoms in total. The molecule has 0 fully saturated rings. The van der Waals surface area contributed by atoms with Crippen molar-refractivity contribution in [2.24, 2.45) is 0 Å². The highest BCUT2D eigenvalue weighted by atomic mass is 19.1. The maximum Gasteiger partial charge on any atom is 0.276 e. The normalized spacial score (nSPS) is 9.93. The van der Waals surface area contributed by atoms with E-state index in [-0.39, 0.29) is 11.4 Å². The maximum atomic E-state index is 11.9. The van der Waals surface area contributed by atoms with E-state index in [1.54, 1.807) is 19.9 Å². The van der Waals surface area contributed by atoms with Crippen molar-refractivity contribution in [3.05, 3.63) is 33.4 Å². The van der Waals surface area contributed by atoms with Crippen LogP contribution >= 0.6 is 0 Å². The minimum atomic E-state index is -0.985. The Morgan fingerprint density at radius 1 is 1.43 bits per heavy atom. The number of benzene rings is 1. The molecule has 0 radical (unpaired) electrons. The fourth-order valence-electron chi connectivity index (χ4n) is 1.23. The molecule has 5 heteroatoms. The zero-order valence-corrected chi connectivity index (χ0v) is 7.91. The second kappa shape index (κ2) is 4.04. The first-order chi connectivity index (χ1) is 6.56. The fraction of sp³-hybridized carbons (Fsp3) is 0.333. The van der Waals surface area contributed by atoms with Crippen LogP contribution in [0, 0.1) is 24.0 Å². The largest absolute Gasteiger partial charge is 0.462 e. The molecular formula is C9H10FNO3. The molecule has 0 saturated carbocycles. The number of nitro benzene ring substituents is 1. The SMILES string of the molecule is Cc1cc(C)c([N+](=O)[O-])cc1OCF. The lowest BCUT2D eigenvalue weighted by Gasteiger charge is -2.06. The molecule has 1 aromatic rings. The van der Waals surface area contributed by atoms with Gasteiger partial charge in [-0.15, -0.1) is 0 Å². The van der Waals surface area contributed by atoms with E-state index in [0.717, 1.165) is 0 Å². The molecule has 0 aliphatic heterocycles. The molecular weight excluding hydrogens is 189 g/mol. The molecule has 0 aliphatic carbocycles. The van der Waals surface area contributed by atoms with Crippen LogP contribution in [0.5, 0.6) is 5.75 Å². The van der Waals surface area contributed by atoms with Gasteiger partial charge in [0.2, 0.25) is 6.86 Å². The van der Waals surface area contributed by atoms with E-state index in [0.29, 0.717) is 11.1 Å². The number of aryl methyl sites for hydroxylation is 2. The standard InChI is InChI=1S/C9H10FNO3/c1-6-3-7(2)9(14-5-10)4-8(6)11(12)13/h3-4H,5H2,1-2H3. The summed E-state index contributed by atoms with van der Waals surface area (Å²) in [5.74, 6) is 0.213. The zero-order valence-electron chi connectivity index (χ0n) is 7.91. The summed E-state index contributed by atoms with van der Waals surface area (Å²) in [4.78, 5) is 10.0. The molecule has 0 heterocycles. The van der Waals surface area contributed by atoms with E-state index in [2.05, 4.69) is 4.74 Å². The van der Waals surface area contributed by atoms with Crippen LogP contribution in [0.1, 0.15) is 11.1 Å². The topological polar surface area (TPSA) is 52.4 Å². The summed E-state index contributed by atoms with van der Waals surface area (Å²) in [6.45, 7) is 2.35. The van der Waals surface area contributed by atoms with Crippen molar-refractivity contribution >= 4 is 5.69 Å². The molecule has 0 N–H and O–H groups in total. The highest BCUT2D eigenvalue weighted by Crippen LogP contribution is 2.27. The molecule has 0 spiro atoms. The lowest BCUT2D eigenvalue weighted by Crippen LogP contribution is -1.97. The number of hydrogen-bond acceptors (Lipinski definition) is 3. The molecule has 0 atom stereocenters. The third-order valence-electron chi connectivity index (χ3n) is 1.90. The molecule has 76 valence electrons. The van der Waals surface area contributed by atoms with E-state index in [9.17, 15) is 14.5 Å². The van der Waals surface area contributed by atoms with Gasteiger partial charge < -0.3 is 4.74 Å². The number of nitro groups is 1. The van der Waals surface area contributed by atoms with Crippen LogP contribution < -0.4 is 4.74 Å². The van der Waals surface area contributed by atoms with E-state index in [1.165, 1.54) is 6.07 Å². The summed E-state index contributed by atoms with van der Waals surface area (Å²) in [5.41, 5.74) is 1.17. The smallest absolute Gasteiger partial charge is 0.276 e. The minimum Gasteiger partial charge on any atom is -0.462 e. The van der Waals surface area contributed by atoms with Crippen LogP contribution in [-0.2, 0) is 0 Å². The molecule has 0 unspecified atom stereocenters. The molecule has 0 bridgehead atoms. The Bertz CT molecular complexity index is 365. The van der Waals surface area contributed by atoms with Gasteiger partial charge in [-0.25, -0.2) is 4.39 Å². The Hall–Kier alpha value is -1.65. The van der Waals surface area contributed by atoms with E-state index >= 15 is 0 Å². The van der Waals surface area contributed by atoms with Gasteiger partial charge in [-0.2, -0.15) is 0 Å². The maximum absolute atomic E-state index is 11.9. The van der Waals surface area contributed by atoms with Crippen LogP contribution in [0.2, 0.25) is 0 Å². The Morgan fingerprint density at radius 3 is 2.57 bits per heavy atom. The van der Waals surface area contributed by atoms with Gasteiger partial charge in [-0.3, -0.25) is 10.1 Å². The van der Waals surface area contributed by atoms with Gasteiger partial charge in [0, 0.05) is 5.56 Å². The lowest BCUT2D eigenvalue weighted by molar-refractivity contribution is -0.385. The second-order valence-electron chi connectivity index (χ2n) is 2.91. The van der Waals surface area contributed by atoms with E-state index in [1.807, 2.05) is 0 Å². The summed E-state index contributed by atoms with van der Waals surface area (Å²) in [6, 6.07) is 2.84. The number of rotatable bonds is 3. The second-order valence-corrected chi connectivity index (χ2v) is 2.91. The Kier molecular flexibility index (Phi) is 3.01. The summed E-state index contributed by atoms with van der Waals surface area (Å²) in [7, 11) is 0. The first-order valence-electron chi connectivity index (χ1n) is 4.00. The third kappa shape index (κ3) is 1.99. The molecule has 0 aromatic heterocycles. The summed E-state index contributed by atoms with van der Waals surface area (Å²) in [6.07, 6.45) is 0. The van der Waals surface area contributed by atoms with E-state index in [4.69, 9.17) is 0 Å². The predicted octanol–water partition coefficient (Wildman–Crippen LogP) is 2.52. The Labute approximate surface area is 80.5 Å². The van der Waals surface area contributed by atoms with Crippen molar-refractivity contribution < 1.29 is 14.1 Å².